The molecule has 0 amide bonds. The van der Waals surface area contributed by atoms with E-state index in [1.54, 1.807) is 0 Å². The summed E-state index contributed by atoms with van der Waals surface area (Å²) in [7, 11) is 0. The van der Waals surface area contributed by atoms with Gasteiger partial charge >= 0.3 is 6.57 Å². The summed E-state index contributed by atoms with van der Waals surface area (Å²) in [6.07, 6.45) is 0. The maximum atomic E-state index is 5.71. The van der Waals surface area contributed by atoms with E-state index < -0.39 is 6.57 Å². The van der Waals surface area contributed by atoms with Crippen LogP contribution in [0.15, 0.2) is 40.5 Å². The Bertz CT molecular complexity index is 490. The number of nitrogens with zero attached hydrogens (tertiary/aromatic N) is 2. The zero-order valence-electron chi connectivity index (χ0n) is 9.54. The van der Waals surface area contributed by atoms with Gasteiger partial charge in [-0.3, -0.25) is 0 Å². The van der Waals surface area contributed by atoms with Crippen LogP contribution in [0.25, 0.3) is 0 Å². The summed E-state index contributed by atoms with van der Waals surface area (Å²) in [5.41, 5.74) is 1.58. The van der Waals surface area contributed by atoms with Gasteiger partial charge in [0.1, 0.15) is 5.75 Å². The van der Waals surface area contributed by atoms with E-state index in [1.807, 2.05) is 44.2 Å². The molecular formula is C10H13N4OPS. The maximum absolute atomic E-state index is 5.71. The second kappa shape index (κ2) is 4.85. The molecule has 1 aromatic rings. The highest BCUT2D eigenvalue weighted by atomic mass is 32.4. The van der Waals surface area contributed by atoms with Crippen molar-refractivity contribution in [1.29, 1.82) is 0 Å². The van der Waals surface area contributed by atoms with Crippen LogP contribution in [0, 0.1) is 0 Å². The van der Waals surface area contributed by atoms with E-state index in [0.29, 0.717) is 5.75 Å². The largest absolute Gasteiger partial charge is 0.432 e. The molecule has 17 heavy (non-hydrogen) atoms. The van der Waals surface area contributed by atoms with Crippen molar-refractivity contribution in [2.45, 2.75) is 13.8 Å². The smallest absolute Gasteiger partial charge is 0.331 e. The van der Waals surface area contributed by atoms with Crippen molar-refractivity contribution in [2.24, 2.45) is 10.2 Å². The molecule has 0 saturated carbocycles. The first-order valence-electron chi connectivity index (χ1n) is 5.07. The van der Waals surface area contributed by atoms with E-state index in [4.69, 9.17) is 16.3 Å². The summed E-state index contributed by atoms with van der Waals surface area (Å²) in [6, 6.07) is 9.38. The highest BCUT2D eigenvalue weighted by molar-refractivity contribution is 8.10. The highest BCUT2D eigenvalue weighted by Gasteiger charge is 2.20. The molecule has 0 aliphatic carbocycles. The standard InChI is InChI=1S/C10H13N4OPS/c1-8-9(2)12-14-16(17,13-11-8)15-10-6-4-3-5-7-10/h3-7H,1-2H3,(H2,13,14,17). The first-order chi connectivity index (χ1) is 8.09. The van der Waals surface area contributed by atoms with Crippen molar-refractivity contribution in [2.75, 3.05) is 0 Å². The van der Waals surface area contributed by atoms with E-state index >= 15 is 0 Å². The van der Waals surface area contributed by atoms with Gasteiger partial charge in [0.2, 0.25) is 0 Å². The van der Waals surface area contributed by atoms with E-state index in [2.05, 4.69) is 20.6 Å². The normalized spacial score (nSPS) is 18.0. The highest BCUT2D eigenvalue weighted by Crippen LogP contribution is 2.39. The Morgan fingerprint density at radius 1 is 1.06 bits per heavy atom. The molecular weight excluding hydrogens is 255 g/mol. The molecule has 0 saturated heterocycles. The molecule has 7 heteroatoms. The number of benzene rings is 1. The predicted octanol–water partition coefficient (Wildman–Crippen LogP) is 2.23. The molecule has 2 N–H and O–H groups in total. The van der Waals surface area contributed by atoms with Crippen LogP contribution in [0.1, 0.15) is 13.8 Å². The average molecular weight is 268 g/mol. The maximum Gasteiger partial charge on any atom is 0.331 e. The third-order valence-corrected chi connectivity index (χ3v) is 4.11. The summed E-state index contributed by atoms with van der Waals surface area (Å²) in [4.78, 5) is 0. The van der Waals surface area contributed by atoms with Crippen LogP contribution in [0.4, 0.5) is 0 Å². The van der Waals surface area contributed by atoms with Crippen LogP contribution in [0.2, 0.25) is 0 Å². The molecule has 2 rings (SSSR count). The van der Waals surface area contributed by atoms with Crippen LogP contribution in [0.3, 0.4) is 0 Å². The van der Waals surface area contributed by atoms with E-state index in [-0.39, 0.29) is 0 Å². The first-order valence-corrected chi connectivity index (χ1v) is 7.79. The lowest BCUT2D eigenvalue weighted by atomic mass is 10.3. The Hall–Kier alpha value is -1.39. The molecule has 0 atom stereocenters. The number of hydrogen-bond acceptors (Lipinski definition) is 4. The Labute approximate surface area is 105 Å². The molecule has 1 aliphatic rings. The van der Waals surface area contributed by atoms with E-state index in [9.17, 15) is 0 Å². The molecule has 0 fully saturated rings. The number of rotatable bonds is 2. The summed E-state index contributed by atoms with van der Waals surface area (Å²) in [5.74, 6) is 0.693. The second-order valence-corrected chi connectivity index (χ2v) is 6.78. The lowest BCUT2D eigenvalue weighted by molar-refractivity contribution is 0.584. The topological polar surface area (TPSA) is 58.0 Å². The van der Waals surface area contributed by atoms with E-state index in [1.165, 1.54) is 0 Å². The molecule has 1 aliphatic heterocycles. The minimum absolute atomic E-state index is 0.693. The zero-order chi connectivity index (χ0) is 12.3. The molecule has 5 nitrogen and oxygen atoms in total. The van der Waals surface area contributed by atoms with Crippen molar-refractivity contribution in [1.82, 2.24) is 10.4 Å². The second-order valence-electron chi connectivity index (χ2n) is 3.55. The molecule has 1 aromatic carbocycles. The fraction of sp³-hybridized carbons (Fsp3) is 0.200. The number of nitrogens with one attached hydrogen (secondary N) is 2. The minimum atomic E-state index is -2.50. The average Bonchev–Trinajstić information content (AvgIpc) is 2.45. The van der Waals surface area contributed by atoms with Crippen LogP contribution in [-0.4, -0.2) is 11.4 Å². The van der Waals surface area contributed by atoms with Gasteiger partial charge in [-0.05, 0) is 37.8 Å². The molecule has 90 valence electrons. The van der Waals surface area contributed by atoms with Gasteiger partial charge in [-0.2, -0.15) is 10.2 Å². The Kier molecular flexibility index (Phi) is 3.45. The van der Waals surface area contributed by atoms with Crippen molar-refractivity contribution in [3.63, 3.8) is 0 Å². The number of hydrogen-bond donors (Lipinski definition) is 2. The van der Waals surface area contributed by atoms with Gasteiger partial charge in [-0.25, -0.2) is 10.4 Å². The SMILES string of the molecule is CC1=NNP(=S)(Oc2ccccc2)NN=C1C. The van der Waals surface area contributed by atoms with Crippen molar-refractivity contribution >= 4 is 29.8 Å². The molecule has 0 bridgehead atoms. The summed E-state index contributed by atoms with van der Waals surface area (Å²) in [6.45, 7) is 1.23. The van der Waals surface area contributed by atoms with Crippen LogP contribution in [0.5, 0.6) is 5.75 Å². The molecule has 1 heterocycles. The fourth-order valence-electron chi connectivity index (χ4n) is 1.14. The van der Waals surface area contributed by atoms with Crippen LogP contribution >= 0.6 is 6.57 Å². The van der Waals surface area contributed by atoms with E-state index in [0.717, 1.165) is 11.4 Å². The van der Waals surface area contributed by atoms with Gasteiger partial charge in [0.25, 0.3) is 0 Å². The predicted molar refractivity (Wildman–Crippen MR) is 73.8 cm³/mol. The Morgan fingerprint density at radius 2 is 1.59 bits per heavy atom. The molecule has 0 spiro atoms. The van der Waals surface area contributed by atoms with Gasteiger partial charge < -0.3 is 4.52 Å². The third-order valence-electron chi connectivity index (χ3n) is 2.20. The first kappa shape index (κ1) is 12.1. The monoisotopic (exact) mass is 268 g/mol. The zero-order valence-corrected chi connectivity index (χ0v) is 11.3. The van der Waals surface area contributed by atoms with Gasteiger partial charge in [-0.15, -0.1) is 0 Å². The van der Waals surface area contributed by atoms with Gasteiger partial charge in [0.05, 0.1) is 11.4 Å². The molecule has 0 aromatic heterocycles. The number of hydrazone groups is 2. The summed E-state index contributed by atoms with van der Waals surface area (Å²) in [5, 5.41) is 14.0. The minimum Gasteiger partial charge on any atom is -0.432 e. The van der Waals surface area contributed by atoms with Crippen LogP contribution in [-0.2, 0) is 11.8 Å². The Balaban J connectivity index is 2.19. The van der Waals surface area contributed by atoms with Crippen molar-refractivity contribution < 1.29 is 4.52 Å². The van der Waals surface area contributed by atoms with Crippen LogP contribution < -0.4 is 14.9 Å². The summed E-state index contributed by atoms with van der Waals surface area (Å²) >= 11 is 5.38. The number of para-hydroxylation sites is 1. The lowest BCUT2D eigenvalue weighted by Crippen LogP contribution is -2.17. The Morgan fingerprint density at radius 3 is 2.12 bits per heavy atom. The quantitative estimate of drug-likeness (QED) is 0.808. The molecule has 0 radical (unpaired) electrons. The van der Waals surface area contributed by atoms with Gasteiger partial charge in [0, 0.05) is 0 Å². The van der Waals surface area contributed by atoms with Crippen molar-refractivity contribution in [3.05, 3.63) is 30.3 Å². The molecule has 0 unspecified atom stereocenters. The van der Waals surface area contributed by atoms with Gasteiger partial charge in [-0.1, -0.05) is 18.2 Å². The lowest BCUT2D eigenvalue weighted by Gasteiger charge is -2.19. The fourth-order valence-corrected chi connectivity index (χ4v) is 2.75. The third kappa shape index (κ3) is 3.05. The summed E-state index contributed by atoms with van der Waals surface area (Å²) < 4.78 is 5.71. The van der Waals surface area contributed by atoms with Gasteiger partial charge in [0.15, 0.2) is 0 Å². The van der Waals surface area contributed by atoms with Crippen molar-refractivity contribution in [3.8, 4) is 5.75 Å².